The Bertz CT molecular complexity index is 680. The number of benzene rings is 2. The van der Waals surface area contributed by atoms with Crippen LogP contribution in [0.3, 0.4) is 0 Å². The molecule has 0 saturated heterocycles. The van der Waals surface area contributed by atoms with Crippen molar-refractivity contribution < 1.29 is 28.2 Å². The Hall–Kier alpha value is -2.67. The van der Waals surface area contributed by atoms with Gasteiger partial charge in [0.25, 0.3) is 5.91 Å². The number of methoxy groups -OCH3 is 1. The van der Waals surface area contributed by atoms with Crippen molar-refractivity contribution in [3.63, 3.8) is 0 Å². The van der Waals surface area contributed by atoms with Crippen LogP contribution >= 0.6 is 0 Å². The fourth-order valence-corrected chi connectivity index (χ4v) is 2.08. The number of hydrogen-bond donors (Lipinski definition) is 2. The number of hydrogen-bond acceptors (Lipinski definition) is 4. The maximum absolute atomic E-state index is 12.5. The van der Waals surface area contributed by atoms with E-state index in [0.29, 0.717) is 16.9 Å². The van der Waals surface area contributed by atoms with Gasteiger partial charge in [-0.05, 0) is 17.7 Å². The van der Waals surface area contributed by atoms with Gasteiger partial charge in [0.15, 0.2) is 6.10 Å². The summed E-state index contributed by atoms with van der Waals surface area (Å²) in [7, 11) is 1.40. The number of ether oxygens (including phenoxy) is 2. The number of alkyl halides is 2. The van der Waals surface area contributed by atoms with Crippen LogP contribution in [0.4, 0.5) is 8.78 Å². The molecule has 128 valence electrons. The number of carbonyl (C=O) groups is 1. The van der Waals surface area contributed by atoms with Gasteiger partial charge in [-0.3, -0.25) is 4.79 Å². The van der Waals surface area contributed by atoms with Crippen molar-refractivity contribution >= 4 is 5.91 Å². The van der Waals surface area contributed by atoms with E-state index in [1.54, 1.807) is 36.4 Å². The molecule has 2 N–H and O–H groups in total. The molecule has 0 heterocycles. The van der Waals surface area contributed by atoms with Crippen LogP contribution in [0.1, 0.15) is 17.2 Å². The van der Waals surface area contributed by atoms with Crippen molar-refractivity contribution in [1.29, 1.82) is 0 Å². The van der Waals surface area contributed by atoms with Crippen LogP contribution < -0.4 is 14.8 Å². The lowest BCUT2D eigenvalue weighted by Crippen LogP contribution is -2.29. The van der Waals surface area contributed by atoms with E-state index in [9.17, 15) is 18.7 Å². The molecule has 5 nitrogen and oxygen atoms in total. The molecule has 0 bridgehead atoms. The molecule has 0 aromatic heterocycles. The Balaban J connectivity index is 2.06. The summed E-state index contributed by atoms with van der Waals surface area (Å²) < 4.78 is 34.4. The summed E-state index contributed by atoms with van der Waals surface area (Å²) in [6.07, 6.45) is -1.34. The fraction of sp³-hybridized carbons (Fsp3) is 0.235. The Kier molecular flexibility index (Phi) is 6.08. The summed E-state index contributed by atoms with van der Waals surface area (Å²) in [4.78, 5) is 12.0. The van der Waals surface area contributed by atoms with Crippen LogP contribution in [0.2, 0.25) is 0 Å². The number of nitrogens with one attached hydrogen (secondary N) is 1. The lowest BCUT2D eigenvalue weighted by atomic mass is 10.1. The first kappa shape index (κ1) is 17.7. The number of halogens is 2. The molecule has 0 fully saturated rings. The molecule has 0 aliphatic heterocycles. The van der Waals surface area contributed by atoms with E-state index in [2.05, 4.69) is 10.1 Å². The van der Waals surface area contributed by atoms with Crippen LogP contribution in [0.5, 0.6) is 11.5 Å². The molecule has 1 unspecified atom stereocenters. The second-order valence-corrected chi connectivity index (χ2v) is 4.88. The molecule has 1 amide bonds. The highest BCUT2D eigenvalue weighted by molar-refractivity contribution is 5.81. The predicted molar refractivity (Wildman–Crippen MR) is 82.9 cm³/mol. The zero-order chi connectivity index (χ0) is 17.5. The largest absolute Gasteiger partial charge is 0.497 e. The first-order chi connectivity index (χ1) is 11.5. The summed E-state index contributed by atoms with van der Waals surface area (Å²) in [5.74, 6) is -0.385. The van der Waals surface area contributed by atoms with E-state index in [-0.39, 0.29) is 12.3 Å². The molecular formula is C17H17F2NO4. The molecule has 2 aromatic carbocycles. The van der Waals surface area contributed by atoms with Gasteiger partial charge >= 0.3 is 6.61 Å². The molecular weight excluding hydrogens is 320 g/mol. The van der Waals surface area contributed by atoms with Gasteiger partial charge in [0.1, 0.15) is 11.5 Å². The molecule has 7 heteroatoms. The van der Waals surface area contributed by atoms with Crippen molar-refractivity contribution in [2.75, 3.05) is 7.11 Å². The van der Waals surface area contributed by atoms with E-state index >= 15 is 0 Å². The topological polar surface area (TPSA) is 67.8 Å². The molecule has 0 aliphatic carbocycles. The van der Waals surface area contributed by atoms with E-state index in [1.165, 1.54) is 19.2 Å². The number of aliphatic hydroxyl groups is 1. The monoisotopic (exact) mass is 337 g/mol. The average molecular weight is 337 g/mol. The molecule has 0 aliphatic rings. The molecule has 0 saturated carbocycles. The van der Waals surface area contributed by atoms with Crippen molar-refractivity contribution in [2.24, 2.45) is 0 Å². The van der Waals surface area contributed by atoms with Gasteiger partial charge in [0.2, 0.25) is 0 Å². The first-order valence-corrected chi connectivity index (χ1v) is 7.13. The fourth-order valence-electron chi connectivity index (χ4n) is 2.08. The second-order valence-electron chi connectivity index (χ2n) is 4.88. The van der Waals surface area contributed by atoms with Crippen LogP contribution in [0.25, 0.3) is 0 Å². The third-order valence-electron chi connectivity index (χ3n) is 3.31. The normalized spacial score (nSPS) is 11.9. The third kappa shape index (κ3) is 4.66. The van der Waals surface area contributed by atoms with E-state index in [4.69, 9.17) is 4.74 Å². The zero-order valence-electron chi connectivity index (χ0n) is 12.9. The minimum Gasteiger partial charge on any atom is -0.497 e. The Morgan fingerprint density at radius 1 is 1.21 bits per heavy atom. The summed E-state index contributed by atoms with van der Waals surface area (Å²) in [5.41, 5.74) is 0.776. The highest BCUT2D eigenvalue weighted by Crippen LogP contribution is 2.26. The second kappa shape index (κ2) is 8.26. The van der Waals surface area contributed by atoms with E-state index in [0.717, 1.165) is 0 Å². The maximum atomic E-state index is 12.5. The lowest BCUT2D eigenvalue weighted by Gasteiger charge is -2.15. The number of rotatable bonds is 7. The zero-order valence-corrected chi connectivity index (χ0v) is 12.9. The standard InChI is InChI=1S/C17H17F2NO4/c1-23-13-8-7-12(14(9-13)24-17(18)19)10-20-16(22)15(21)11-5-3-2-4-6-11/h2-9,15,17,21H,10H2,1H3,(H,20,22). The van der Waals surface area contributed by atoms with Crippen molar-refractivity contribution in [3.05, 3.63) is 59.7 Å². The van der Waals surface area contributed by atoms with Gasteiger partial charge in [-0.25, -0.2) is 0 Å². The SMILES string of the molecule is COc1ccc(CNC(=O)C(O)c2ccccc2)c(OC(F)F)c1. The van der Waals surface area contributed by atoms with E-state index < -0.39 is 18.6 Å². The Morgan fingerprint density at radius 3 is 2.54 bits per heavy atom. The smallest absolute Gasteiger partial charge is 0.387 e. The molecule has 0 radical (unpaired) electrons. The van der Waals surface area contributed by atoms with Crippen molar-refractivity contribution in [1.82, 2.24) is 5.32 Å². The van der Waals surface area contributed by atoms with E-state index in [1.807, 2.05) is 0 Å². The highest BCUT2D eigenvalue weighted by Gasteiger charge is 2.18. The van der Waals surface area contributed by atoms with Gasteiger partial charge in [-0.15, -0.1) is 0 Å². The van der Waals surface area contributed by atoms with Gasteiger partial charge in [0.05, 0.1) is 7.11 Å². The third-order valence-corrected chi connectivity index (χ3v) is 3.31. The quantitative estimate of drug-likeness (QED) is 0.815. The summed E-state index contributed by atoms with van der Waals surface area (Å²) in [6.45, 7) is -3.07. The summed E-state index contributed by atoms with van der Waals surface area (Å²) in [5, 5.41) is 12.5. The van der Waals surface area contributed by atoms with Gasteiger partial charge in [-0.2, -0.15) is 8.78 Å². The minimum absolute atomic E-state index is 0.0746. The maximum Gasteiger partial charge on any atom is 0.387 e. The Morgan fingerprint density at radius 2 is 1.92 bits per heavy atom. The molecule has 24 heavy (non-hydrogen) atoms. The van der Waals surface area contributed by atoms with Crippen LogP contribution in [-0.2, 0) is 11.3 Å². The molecule has 0 spiro atoms. The van der Waals surface area contributed by atoms with Crippen molar-refractivity contribution in [2.45, 2.75) is 19.3 Å². The number of carbonyl (C=O) groups excluding carboxylic acids is 1. The number of aliphatic hydroxyl groups excluding tert-OH is 1. The average Bonchev–Trinajstić information content (AvgIpc) is 2.59. The van der Waals surface area contributed by atoms with Crippen LogP contribution in [0, 0.1) is 0 Å². The van der Waals surface area contributed by atoms with Gasteiger partial charge in [-0.1, -0.05) is 30.3 Å². The number of amides is 1. The Labute approximate surface area is 137 Å². The van der Waals surface area contributed by atoms with Gasteiger partial charge in [0, 0.05) is 18.2 Å². The molecule has 1 atom stereocenters. The predicted octanol–water partition coefficient (Wildman–Crippen LogP) is 2.65. The highest BCUT2D eigenvalue weighted by atomic mass is 19.3. The van der Waals surface area contributed by atoms with Crippen molar-refractivity contribution in [3.8, 4) is 11.5 Å². The van der Waals surface area contributed by atoms with Crippen LogP contribution in [-0.4, -0.2) is 24.7 Å². The summed E-state index contributed by atoms with van der Waals surface area (Å²) in [6, 6.07) is 12.8. The summed E-state index contributed by atoms with van der Waals surface area (Å²) >= 11 is 0. The molecule has 2 rings (SSSR count). The first-order valence-electron chi connectivity index (χ1n) is 7.13. The molecule has 2 aromatic rings. The lowest BCUT2D eigenvalue weighted by molar-refractivity contribution is -0.129. The minimum atomic E-state index is -3.00. The van der Waals surface area contributed by atoms with Gasteiger partial charge < -0.3 is 19.9 Å². The van der Waals surface area contributed by atoms with Crippen LogP contribution in [0.15, 0.2) is 48.5 Å².